The average molecular weight is 566 g/mol. The van der Waals surface area contributed by atoms with Gasteiger partial charge in [-0.05, 0) is 22.1 Å². The van der Waals surface area contributed by atoms with E-state index in [1.807, 2.05) is 30.3 Å². The van der Waals surface area contributed by atoms with Crippen LogP contribution in [0.15, 0.2) is 84.9 Å². The van der Waals surface area contributed by atoms with E-state index >= 15 is 0 Å². The van der Waals surface area contributed by atoms with E-state index in [9.17, 15) is 34.6 Å². The number of hydrogen-bond acceptors (Lipinski definition) is 8. The fourth-order valence-electron chi connectivity index (χ4n) is 6.32. The molecule has 0 aromatic heterocycles. The maximum Gasteiger partial charge on any atom is 0.332 e. The molecular formula is C30H23N5O7. The number of amides is 4. The minimum absolute atomic E-state index is 0.246. The smallest absolute Gasteiger partial charge is 0.332 e. The molecule has 4 aromatic rings. The number of barbiturate groups is 1. The number of carbonyl (C=O) groups is 3. The van der Waals surface area contributed by atoms with Gasteiger partial charge in [0.2, 0.25) is 11.8 Å². The van der Waals surface area contributed by atoms with Crippen LogP contribution in [0.1, 0.15) is 28.7 Å². The molecule has 2 atom stereocenters. The van der Waals surface area contributed by atoms with Crippen LogP contribution in [0.5, 0.6) is 0 Å². The van der Waals surface area contributed by atoms with Gasteiger partial charge in [0.15, 0.2) is 5.41 Å². The number of rotatable bonds is 4. The van der Waals surface area contributed by atoms with Crippen LogP contribution in [0.2, 0.25) is 0 Å². The van der Waals surface area contributed by atoms with Crippen molar-refractivity contribution in [3.63, 3.8) is 0 Å². The van der Waals surface area contributed by atoms with Gasteiger partial charge in [-0.25, -0.2) is 4.79 Å². The zero-order valence-electron chi connectivity index (χ0n) is 22.4. The fourth-order valence-corrected chi connectivity index (χ4v) is 6.32. The van der Waals surface area contributed by atoms with E-state index in [-0.39, 0.29) is 16.9 Å². The number of nitrogens with one attached hydrogen (secondary N) is 1. The van der Waals surface area contributed by atoms with Gasteiger partial charge in [0.05, 0.1) is 15.9 Å². The summed E-state index contributed by atoms with van der Waals surface area (Å²) in [6.45, 7) is 0. The second-order valence-electron chi connectivity index (χ2n) is 10.3. The summed E-state index contributed by atoms with van der Waals surface area (Å²) in [6, 6.07) is 20.3. The number of nitro groups is 2. The van der Waals surface area contributed by atoms with Gasteiger partial charge in [0.25, 0.3) is 11.4 Å². The quantitative estimate of drug-likeness (QED) is 0.206. The third-order valence-electron chi connectivity index (χ3n) is 8.19. The van der Waals surface area contributed by atoms with Crippen LogP contribution in [0.4, 0.5) is 21.9 Å². The van der Waals surface area contributed by atoms with E-state index in [0.717, 1.165) is 20.6 Å². The van der Waals surface area contributed by atoms with E-state index < -0.39 is 45.1 Å². The van der Waals surface area contributed by atoms with E-state index in [1.54, 1.807) is 18.2 Å². The Morgan fingerprint density at radius 3 is 1.93 bits per heavy atom. The van der Waals surface area contributed by atoms with Crippen molar-refractivity contribution in [2.24, 2.45) is 5.41 Å². The second kappa shape index (κ2) is 9.47. The van der Waals surface area contributed by atoms with Crippen LogP contribution in [-0.2, 0) is 9.59 Å². The first kappa shape index (κ1) is 26.6. The number of nitrogens with zero attached hydrogens (tertiary/aromatic N) is 4. The molecule has 2 aliphatic heterocycles. The Morgan fingerprint density at radius 2 is 1.31 bits per heavy atom. The summed E-state index contributed by atoms with van der Waals surface area (Å²) >= 11 is 0. The van der Waals surface area contributed by atoms with Gasteiger partial charge < -0.3 is 5.32 Å². The first-order valence-electron chi connectivity index (χ1n) is 12.9. The molecule has 4 aromatic carbocycles. The first-order valence-corrected chi connectivity index (χ1v) is 12.9. The highest BCUT2D eigenvalue weighted by Crippen LogP contribution is 2.59. The van der Waals surface area contributed by atoms with Crippen LogP contribution in [-0.4, -0.2) is 51.6 Å². The van der Waals surface area contributed by atoms with Crippen molar-refractivity contribution < 1.29 is 24.2 Å². The van der Waals surface area contributed by atoms with E-state index in [1.165, 1.54) is 50.5 Å². The molecule has 2 aliphatic rings. The molecular weight excluding hydrogens is 542 g/mol. The zero-order chi connectivity index (χ0) is 29.9. The zero-order valence-corrected chi connectivity index (χ0v) is 22.4. The monoisotopic (exact) mass is 565 g/mol. The van der Waals surface area contributed by atoms with Crippen LogP contribution in [0.25, 0.3) is 10.8 Å². The molecule has 1 N–H and O–H groups in total. The highest BCUT2D eigenvalue weighted by molar-refractivity contribution is 6.21. The predicted octanol–water partition coefficient (Wildman–Crippen LogP) is 4.99. The summed E-state index contributed by atoms with van der Waals surface area (Å²) in [4.78, 5) is 66.1. The molecule has 4 amide bonds. The molecule has 2 heterocycles. The number of nitro benzene ring substituents is 2. The summed E-state index contributed by atoms with van der Waals surface area (Å²) in [5, 5.41) is 28.6. The highest BCUT2D eigenvalue weighted by Gasteiger charge is 2.67. The Balaban J connectivity index is 1.77. The number of imide groups is 2. The van der Waals surface area contributed by atoms with Gasteiger partial charge in [0, 0.05) is 55.4 Å². The molecule has 2 unspecified atom stereocenters. The first-order chi connectivity index (χ1) is 20.1. The molecule has 1 spiro atoms. The summed E-state index contributed by atoms with van der Waals surface area (Å²) in [6.07, 6.45) is 0. The number of carbonyl (C=O) groups excluding carboxylic acids is 3. The van der Waals surface area contributed by atoms with Gasteiger partial charge in [-0.2, -0.15) is 0 Å². The summed E-state index contributed by atoms with van der Waals surface area (Å²) in [5.74, 6) is -2.80. The van der Waals surface area contributed by atoms with Crippen molar-refractivity contribution in [1.29, 1.82) is 0 Å². The normalized spacial score (nSPS) is 19.5. The molecule has 0 radical (unpaired) electrons. The Bertz CT molecular complexity index is 1830. The Labute approximate surface area is 238 Å². The van der Waals surface area contributed by atoms with Gasteiger partial charge in [-0.1, -0.05) is 60.7 Å². The van der Waals surface area contributed by atoms with Crippen LogP contribution in [0, 0.1) is 25.6 Å². The van der Waals surface area contributed by atoms with Crippen molar-refractivity contribution in [2.75, 3.05) is 19.4 Å². The van der Waals surface area contributed by atoms with Crippen molar-refractivity contribution in [1.82, 2.24) is 9.80 Å². The molecule has 1 fully saturated rings. The maximum absolute atomic E-state index is 14.5. The lowest BCUT2D eigenvalue weighted by Gasteiger charge is -2.53. The maximum atomic E-state index is 14.5. The Hall–Kier alpha value is -5.65. The predicted molar refractivity (Wildman–Crippen MR) is 152 cm³/mol. The van der Waals surface area contributed by atoms with E-state index in [4.69, 9.17) is 0 Å². The molecule has 0 aliphatic carbocycles. The van der Waals surface area contributed by atoms with Gasteiger partial charge >= 0.3 is 6.03 Å². The molecule has 0 saturated carbocycles. The topological polar surface area (TPSA) is 156 Å². The lowest BCUT2D eigenvalue weighted by atomic mass is 9.58. The Kier molecular flexibility index (Phi) is 5.99. The van der Waals surface area contributed by atoms with E-state index in [0.29, 0.717) is 16.8 Å². The number of non-ortho nitro benzene ring substituents is 2. The Morgan fingerprint density at radius 1 is 0.738 bits per heavy atom. The number of hydrogen-bond donors (Lipinski definition) is 1. The number of anilines is 1. The number of fused-ring (bicyclic) bond motifs is 3. The lowest BCUT2D eigenvalue weighted by molar-refractivity contribution is -0.385. The van der Waals surface area contributed by atoms with E-state index in [2.05, 4.69) is 5.32 Å². The second-order valence-corrected chi connectivity index (χ2v) is 10.3. The van der Waals surface area contributed by atoms with Gasteiger partial charge in [0.1, 0.15) is 0 Å². The lowest BCUT2D eigenvalue weighted by Crippen LogP contribution is -2.68. The number of urea groups is 1. The van der Waals surface area contributed by atoms with Crippen LogP contribution >= 0.6 is 0 Å². The van der Waals surface area contributed by atoms with Gasteiger partial charge in [-0.3, -0.25) is 39.6 Å². The van der Waals surface area contributed by atoms with Crippen molar-refractivity contribution in [3.05, 3.63) is 122 Å². The molecule has 12 nitrogen and oxygen atoms in total. The van der Waals surface area contributed by atoms with Gasteiger partial charge in [-0.15, -0.1) is 0 Å². The SMILES string of the molecule is CN1C(=O)N(C)C(=O)C2(C1=O)C(c1cccc([N+](=O)[O-])c1)Nc1c(ccc3ccccc13)C2c1cccc([N+](=O)[O-])c1. The number of benzene rings is 4. The third-order valence-corrected chi connectivity index (χ3v) is 8.19. The molecule has 42 heavy (non-hydrogen) atoms. The molecule has 12 heteroatoms. The van der Waals surface area contributed by atoms with Crippen molar-refractivity contribution >= 4 is 45.7 Å². The standard InChI is InChI=1S/C30H23N5O7/c1-32-27(36)30(28(37)33(2)29(32)38)24(18-8-5-10-20(15-18)34(39)40)23-14-13-17-7-3-4-12-22(17)25(23)31-26(30)19-9-6-11-21(16-19)35(41)42/h3-16,24,26,31H,1-2H3. The fraction of sp³-hybridized carbons (Fsp3) is 0.167. The molecule has 6 rings (SSSR count). The molecule has 210 valence electrons. The van der Waals surface area contributed by atoms with Crippen LogP contribution < -0.4 is 5.32 Å². The summed E-state index contributed by atoms with van der Waals surface area (Å²) in [7, 11) is 2.53. The molecule has 0 bridgehead atoms. The minimum Gasteiger partial charge on any atom is -0.376 e. The average Bonchev–Trinajstić information content (AvgIpc) is 3.01. The largest absolute Gasteiger partial charge is 0.376 e. The van der Waals surface area contributed by atoms with Crippen molar-refractivity contribution in [2.45, 2.75) is 12.0 Å². The van der Waals surface area contributed by atoms with Crippen LogP contribution in [0.3, 0.4) is 0 Å². The van der Waals surface area contributed by atoms with Crippen molar-refractivity contribution in [3.8, 4) is 0 Å². The highest BCUT2D eigenvalue weighted by atomic mass is 16.6. The minimum atomic E-state index is -2.10. The molecule has 1 saturated heterocycles. The summed E-state index contributed by atoms with van der Waals surface area (Å²) in [5.41, 5.74) is -0.968. The third kappa shape index (κ3) is 3.65. The summed E-state index contributed by atoms with van der Waals surface area (Å²) < 4.78 is 0.